The molecule has 0 aromatic carbocycles. The van der Waals surface area contributed by atoms with E-state index < -0.39 is 12.7 Å². The molecule has 0 amide bonds. The normalized spacial score (nSPS) is 11.3. The summed E-state index contributed by atoms with van der Waals surface area (Å²) < 4.78 is 35.9. The fourth-order valence-corrected chi connectivity index (χ4v) is 1.23. The molecule has 1 rings (SSSR count). The highest BCUT2D eigenvalue weighted by molar-refractivity contribution is 6.32. The third-order valence-corrected chi connectivity index (χ3v) is 1.87. The Bertz CT molecular complexity index is 408. The highest BCUT2D eigenvalue weighted by Gasteiger charge is 2.27. The molecule has 0 spiro atoms. The first-order valence-corrected chi connectivity index (χ1v) is 4.51. The number of nitrogens with one attached hydrogen (secondary N) is 1. The quantitative estimate of drug-likeness (QED) is 0.663. The molecule has 0 aliphatic carbocycles. The average molecular weight is 254 g/mol. The van der Waals surface area contributed by atoms with Crippen molar-refractivity contribution < 1.29 is 18.0 Å². The molecule has 0 radical (unpaired) electrons. The van der Waals surface area contributed by atoms with Crippen molar-refractivity contribution in [2.45, 2.75) is 13.1 Å². The van der Waals surface area contributed by atoms with Gasteiger partial charge < -0.3 is 5.32 Å². The Labute approximate surface area is 93.8 Å². The van der Waals surface area contributed by atoms with Crippen molar-refractivity contribution in [2.75, 3.05) is 11.9 Å². The molecule has 0 bridgehead atoms. The minimum Gasteiger partial charge on any atom is -0.360 e. The Balaban J connectivity index is 2.98. The molecule has 0 unspecified atom stereocenters. The summed E-state index contributed by atoms with van der Waals surface area (Å²) in [6.45, 7) is 0.167. The van der Waals surface area contributed by atoms with Crippen LogP contribution >= 0.6 is 11.6 Å². The van der Waals surface area contributed by atoms with E-state index in [1.807, 2.05) is 5.32 Å². The van der Waals surface area contributed by atoms with Gasteiger partial charge in [0.05, 0.1) is 5.56 Å². The largest absolute Gasteiger partial charge is 0.405 e. The van der Waals surface area contributed by atoms with Gasteiger partial charge in [0.1, 0.15) is 23.3 Å². The average Bonchev–Trinajstić information content (AvgIpc) is 2.12. The van der Waals surface area contributed by atoms with Crippen LogP contribution in [0.15, 0.2) is 0 Å². The number of halogens is 4. The van der Waals surface area contributed by atoms with Crippen LogP contribution in [0, 0.1) is 6.92 Å². The second-order valence-corrected chi connectivity index (χ2v) is 3.27. The molecule has 16 heavy (non-hydrogen) atoms. The van der Waals surface area contributed by atoms with Crippen molar-refractivity contribution in [3.05, 3.63) is 16.5 Å². The number of hydrogen-bond acceptors (Lipinski definition) is 4. The highest BCUT2D eigenvalue weighted by atomic mass is 35.5. The maximum Gasteiger partial charge on any atom is 0.405 e. The maximum absolute atomic E-state index is 12.0. The van der Waals surface area contributed by atoms with Gasteiger partial charge in [-0.1, -0.05) is 11.6 Å². The van der Waals surface area contributed by atoms with Crippen LogP contribution in [0.4, 0.5) is 19.0 Å². The lowest BCUT2D eigenvalue weighted by Crippen LogP contribution is -2.22. The molecule has 0 aliphatic rings. The summed E-state index contributed by atoms with van der Waals surface area (Å²) in [6.07, 6.45) is -4.09. The molecular weight excluding hydrogens is 247 g/mol. The number of aromatic nitrogens is 2. The van der Waals surface area contributed by atoms with Gasteiger partial charge in [-0.15, -0.1) is 0 Å². The molecule has 0 atom stereocenters. The fourth-order valence-electron chi connectivity index (χ4n) is 0.970. The highest BCUT2D eigenvalue weighted by Crippen LogP contribution is 2.21. The molecule has 1 N–H and O–H groups in total. The number of aryl methyl sites for hydroxylation is 1. The van der Waals surface area contributed by atoms with Crippen LogP contribution in [0.1, 0.15) is 16.2 Å². The van der Waals surface area contributed by atoms with Gasteiger partial charge in [-0.2, -0.15) is 13.2 Å². The second kappa shape index (κ2) is 4.65. The van der Waals surface area contributed by atoms with Gasteiger partial charge in [0.15, 0.2) is 6.29 Å². The predicted octanol–water partition coefficient (Wildman–Crippen LogP) is 2.23. The topological polar surface area (TPSA) is 54.9 Å². The van der Waals surface area contributed by atoms with E-state index >= 15 is 0 Å². The number of carbonyl (C=O) groups excluding carboxylic acids is 1. The van der Waals surface area contributed by atoms with E-state index in [0.717, 1.165) is 0 Å². The monoisotopic (exact) mass is 253 g/mol. The minimum absolute atomic E-state index is 0.174. The number of aldehydes is 1. The smallest absolute Gasteiger partial charge is 0.360 e. The lowest BCUT2D eigenvalue weighted by atomic mass is 10.3. The number of hydrogen-bond donors (Lipinski definition) is 1. The van der Waals surface area contributed by atoms with E-state index in [1.54, 1.807) is 0 Å². The van der Waals surface area contributed by atoms with Crippen LogP contribution < -0.4 is 5.32 Å². The van der Waals surface area contributed by atoms with Gasteiger partial charge in [0, 0.05) is 0 Å². The Morgan fingerprint density at radius 1 is 1.44 bits per heavy atom. The fraction of sp³-hybridized carbons (Fsp3) is 0.375. The van der Waals surface area contributed by atoms with E-state index in [4.69, 9.17) is 11.6 Å². The second-order valence-electron chi connectivity index (χ2n) is 2.91. The molecule has 0 aliphatic heterocycles. The molecule has 1 aromatic heterocycles. The van der Waals surface area contributed by atoms with Crippen molar-refractivity contribution in [3.8, 4) is 0 Å². The van der Waals surface area contributed by atoms with Crippen molar-refractivity contribution in [1.82, 2.24) is 9.97 Å². The lowest BCUT2D eigenvalue weighted by molar-refractivity contribution is -0.115. The lowest BCUT2D eigenvalue weighted by Gasteiger charge is -2.11. The van der Waals surface area contributed by atoms with Gasteiger partial charge >= 0.3 is 6.18 Å². The minimum atomic E-state index is -4.40. The third-order valence-electron chi connectivity index (χ3n) is 1.59. The first kappa shape index (κ1) is 12.7. The van der Waals surface area contributed by atoms with Gasteiger partial charge in [0.25, 0.3) is 0 Å². The van der Waals surface area contributed by atoms with E-state index in [9.17, 15) is 18.0 Å². The van der Waals surface area contributed by atoms with Crippen LogP contribution in [0.2, 0.25) is 5.15 Å². The van der Waals surface area contributed by atoms with E-state index in [0.29, 0.717) is 6.29 Å². The number of anilines is 1. The molecule has 88 valence electrons. The molecule has 8 heteroatoms. The van der Waals surface area contributed by atoms with Crippen molar-refractivity contribution >= 4 is 23.7 Å². The maximum atomic E-state index is 12.0. The van der Waals surface area contributed by atoms with Crippen LogP contribution in [0.3, 0.4) is 0 Å². The van der Waals surface area contributed by atoms with Crippen LogP contribution in [0.5, 0.6) is 0 Å². The Morgan fingerprint density at radius 2 is 2.06 bits per heavy atom. The first-order chi connectivity index (χ1) is 7.33. The van der Waals surface area contributed by atoms with Crippen molar-refractivity contribution in [3.63, 3.8) is 0 Å². The summed E-state index contributed by atoms with van der Waals surface area (Å²) in [5.74, 6) is -0.0369. The molecular formula is C8H7ClF3N3O. The number of alkyl halides is 3. The summed E-state index contributed by atoms with van der Waals surface area (Å²) in [4.78, 5) is 17.9. The first-order valence-electron chi connectivity index (χ1n) is 4.13. The SMILES string of the molecule is Cc1nc(Cl)c(C=O)c(NCC(F)(F)F)n1. The van der Waals surface area contributed by atoms with Crippen LogP contribution in [-0.4, -0.2) is 29.0 Å². The van der Waals surface area contributed by atoms with Crippen molar-refractivity contribution in [1.29, 1.82) is 0 Å². The summed E-state index contributed by atoms with van der Waals surface area (Å²) in [7, 11) is 0. The molecule has 1 aromatic rings. The van der Waals surface area contributed by atoms with Gasteiger partial charge in [0.2, 0.25) is 0 Å². The standard InChI is InChI=1S/C8H7ClF3N3O/c1-4-14-6(9)5(2-16)7(15-4)13-3-8(10,11)12/h2H,3H2,1H3,(H,13,14,15). The summed E-state index contributed by atoms with van der Waals surface area (Å²) >= 11 is 5.58. The van der Waals surface area contributed by atoms with Crippen LogP contribution in [0.25, 0.3) is 0 Å². The summed E-state index contributed by atoms with van der Waals surface area (Å²) in [6, 6.07) is 0. The number of rotatable bonds is 3. The zero-order chi connectivity index (χ0) is 12.3. The zero-order valence-electron chi connectivity index (χ0n) is 8.10. The number of carbonyl (C=O) groups is 1. The zero-order valence-corrected chi connectivity index (χ0v) is 8.85. The molecule has 1 heterocycles. The van der Waals surface area contributed by atoms with E-state index in [2.05, 4.69) is 9.97 Å². The van der Waals surface area contributed by atoms with Gasteiger partial charge in [-0.3, -0.25) is 4.79 Å². The molecule has 4 nitrogen and oxygen atoms in total. The Morgan fingerprint density at radius 3 is 2.56 bits per heavy atom. The van der Waals surface area contributed by atoms with E-state index in [1.165, 1.54) is 6.92 Å². The Kier molecular flexibility index (Phi) is 3.69. The summed E-state index contributed by atoms with van der Waals surface area (Å²) in [5, 5.41) is 1.82. The molecule has 0 saturated carbocycles. The van der Waals surface area contributed by atoms with Gasteiger partial charge in [-0.25, -0.2) is 9.97 Å². The van der Waals surface area contributed by atoms with Crippen LogP contribution in [-0.2, 0) is 0 Å². The molecule has 0 saturated heterocycles. The summed E-state index contributed by atoms with van der Waals surface area (Å²) in [5.41, 5.74) is -0.184. The van der Waals surface area contributed by atoms with E-state index in [-0.39, 0.29) is 22.4 Å². The number of nitrogens with zero attached hydrogens (tertiary/aromatic N) is 2. The Hall–Kier alpha value is -1.37. The van der Waals surface area contributed by atoms with Crippen molar-refractivity contribution in [2.24, 2.45) is 0 Å². The van der Waals surface area contributed by atoms with Gasteiger partial charge in [-0.05, 0) is 6.92 Å². The predicted molar refractivity (Wildman–Crippen MR) is 51.7 cm³/mol. The molecule has 0 fully saturated rings. The third kappa shape index (κ3) is 3.34.